The monoisotopic (exact) mass is 430 g/mol. The van der Waals surface area contributed by atoms with E-state index < -0.39 is 27.5 Å². The van der Waals surface area contributed by atoms with Crippen LogP contribution in [0.2, 0.25) is 5.02 Å². The second kappa shape index (κ2) is 7.46. The van der Waals surface area contributed by atoms with Gasteiger partial charge in [-0.1, -0.05) is 30.9 Å². The van der Waals surface area contributed by atoms with E-state index in [-0.39, 0.29) is 10.8 Å². The molecule has 1 aromatic carbocycles. The molecule has 2 aliphatic carbocycles. The van der Waals surface area contributed by atoms with Gasteiger partial charge >= 0.3 is 10.2 Å². The van der Waals surface area contributed by atoms with Crippen LogP contribution in [0.3, 0.4) is 0 Å². The van der Waals surface area contributed by atoms with E-state index in [9.17, 15) is 17.6 Å². The Morgan fingerprint density at radius 1 is 1.25 bits per heavy atom. The fourth-order valence-electron chi connectivity index (χ4n) is 4.30. The van der Waals surface area contributed by atoms with Crippen molar-refractivity contribution in [2.24, 2.45) is 11.3 Å². The number of nitrogens with one attached hydrogen (secondary N) is 1. The van der Waals surface area contributed by atoms with E-state index in [0.29, 0.717) is 31.0 Å². The third-order valence-electron chi connectivity index (χ3n) is 6.29. The predicted octanol–water partition coefficient (Wildman–Crippen LogP) is 3.51. The molecule has 6 nitrogen and oxygen atoms in total. The van der Waals surface area contributed by atoms with Gasteiger partial charge in [-0.25, -0.2) is 9.11 Å². The van der Waals surface area contributed by atoms with Crippen molar-refractivity contribution in [2.45, 2.75) is 44.9 Å². The molecule has 1 aromatic rings. The van der Waals surface area contributed by atoms with Crippen molar-refractivity contribution < 1.29 is 22.3 Å². The van der Waals surface area contributed by atoms with Crippen molar-refractivity contribution >= 4 is 27.7 Å². The highest BCUT2D eigenvalue weighted by atomic mass is 35.5. The number of halogens is 2. The molecule has 4 rings (SSSR count). The standard InChI is InChI=1S/C19H24ClFN2O4S/c20-15-9-14(18(24)22-28(25,26)23-7-4-8-23)16(21)10-17(15)27-12-13-11-19(13)5-2-1-3-6-19/h9-10,13H,1-8,11-12H2,(H,22,24). The summed E-state index contributed by atoms with van der Waals surface area (Å²) in [5.41, 5.74) is -0.0227. The lowest BCUT2D eigenvalue weighted by Gasteiger charge is -2.29. The molecule has 2 saturated carbocycles. The Morgan fingerprint density at radius 3 is 2.61 bits per heavy atom. The Morgan fingerprint density at radius 2 is 1.96 bits per heavy atom. The zero-order chi connectivity index (χ0) is 19.9. The van der Waals surface area contributed by atoms with Crippen molar-refractivity contribution in [1.82, 2.24) is 9.03 Å². The van der Waals surface area contributed by atoms with Gasteiger partial charge in [-0.05, 0) is 43.1 Å². The number of amides is 1. The first-order valence-electron chi connectivity index (χ1n) is 9.75. The Balaban J connectivity index is 1.39. The van der Waals surface area contributed by atoms with Crippen molar-refractivity contribution in [3.05, 3.63) is 28.5 Å². The maximum atomic E-state index is 14.4. The summed E-state index contributed by atoms with van der Waals surface area (Å²) < 4.78 is 47.2. The lowest BCUT2D eigenvalue weighted by atomic mass is 9.84. The molecule has 154 valence electrons. The summed E-state index contributed by atoms with van der Waals surface area (Å²) in [6.45, 7) is 1.18. The normalized spacial score (nSPS) is 23.9. The highest BCUT2D eigenvalue weighted by molar-refractivity contribution is 7.87. The van der Waals surface area contributed by atoms with Crippen molar-refractivity contribution in [3.63, 3.8) is 0 Å². The van der Waals surface area contributed by atoms with E-state index in [2.05, 4.69) is 0 Å². The molecular weight excluding hydrogens is 407 g/mol. The zero-order valence-corrected chi connectivity index (χ0v) is 17.1. The van der Waals surface area contributed by atoms with E-state index in [4.69, 9.17) is 16.3 Å². The summed E-state index contributed by atoms with van der Waals surface area (Å²) in [5, 5.41) is 0.0891. The van der Waals surface area contributed by atoms with Gasteiger partial charge in [0, 0.05) is 19.2 Å². The summed E-state index contributed by atoms with van der Waals surface area (Å²) in [5.74, 6) is -1.25. The smallest absolute Gasteiger partial charge is 0.304 e. The number of nitrogens with zero attached hydrogens (tertiary/aromatic N) is 1. The minimum absolute atomic E-state index is 0.0891. The second-order valence-corrected chi connectivity index (χ2v) is 10.2. The molecule has 3 fully saturated rings. The first-order chi connectivity index (χ1) is 13.3. The van der Waals surface area contributed by atoms with E-state index in [0.717, 1.165) is 29.3 Å². The van der Waals surface area contributed by atoms with E-state index in [1.807, 2.05) is 4.72 Å². The summed E-state index contributed by atoms with van der Waals surface area (Å²) >= 11 is 6.17. The summed E-state index contributed by atoms with van der Waals surface area (Å²) in [7, 11) is -3.95. The zero-order valence-electron chi connectivity index (χ0n) is 15.5. The number of rotatable bonds is 6. The Hall–Kier alpha value is -1.38. The molecule has 3 aliphatic rings. The SMILES string of the molecule is O=C(NS(=O)(=O)N1CCC1)c1cc(Cl)c(OCC2CC23CCCCC3)cc1F. The molecule has 1 amide bonds. The second-order valence-electron chi connectivity index (χ2n) is 8.09. The predicted molar refractivity (Wildman–Crippen MR) is 103 cm³/mol. The molecule has 1 saturated heterocycles. The quantitative estimate of drug-likeness (QED) is 0.749. The fourth-order valence-corrected chi connectivity index (χ4v) is 5.73. The molecule has 1 N–H and O–H groups in total. The van der Waals surface area contributed by atoms with Gasteiger partial charge < -0.3 is 4.74 Å². The van der Waals surface area contributed by atoms with Crippen LogP contribution < -0.4 is 9.46 Å². The average molecular weight is 431 g/mol. The third-order valence-corrected chi connectivity index (χ3v) is 8.07. The number of carbonyl (C=O) groups is 1. The molecule has 0 bridgehead atoms. The Kier molecular flexibility index (Phi) is 5.31. The molecular formula is C19H24ClFN2O4S. The first kappa shape index (κ1) is 19.9. The van der Waals surface area contributed by atoms with Crippen LogP contribution in [0.1, 0.15) is 55.3 Å². The van der Waals surface area contributed by atoms with Crippen LogP contribution >= 0.6 is 11.6 Å². The maximum Gasteiger partial charge on any atom is 0.304 e. The fraction of sp³-hybridized carbons (Fsp3) is 0.632. The number of hydrogen-bond acceptors (Lipinski definition) is 4. The van der Waals surface area contributed by atoms with Crippen LogP contribution in [0.25, 0.3) is 0 Å². The van der Waals surface area contributed by atoms with Gasteiger partial charge in [-0.3, -0.25) is 4.79 Å². The van der Waals surface area contributed by atoms with Crippen LogP contribution in [0.5, 0.6) is 5.75 Å². The van der Waals surface area contributed by atoms with Crippen LogP contribution in [0, 0.1) is 17.2 Å². The summed E-state index contributed by atoms with van der Waals surface area (Å²) in [6.07, 6.45) is 8.16. The Labute approximate surface area is 169 Å². The lowest BCUT2D eigenvalue weighted by molar-refractivity contribution is 0.0973. The highest BCUT2D eigenvalue weighted by Crippen LogP contribution is 2.61. The van der Waals surface area contributed by atoms with Crippen LogP contribution in [0.15, 0.2) is 12.1 Å². The van der Waals surface area contributed by atoms with Crippen molar-refractivity contribution in [2.75, 3.05) is 19.7 Å². The molecule has 1 aliphatic heterocycles. The number of carbonyl (C=O) groups excluding carboxylic acids is 1. The maximum absolute atomic E-state index is 14.4. The van der Waals surface area contributed by atoms with Gasteiger partial charge in [0.15, 0.2) is 0 Å². The van der Waals surface area contributed by atoms with Crippen LogP contribution in [-0.2, 0) is 10.2 Å². The van der Waals surface area contributed by atoms with Gasteiger partial charge in [0.05, 0.1) is 17.2 Å². The summed E-state index contributed by atoms with van der Waals surface area (Å²) in [6, 6.07) is 2.18. The topological polar surface area (TPSA) is 75.7 Å². The molecule has 0 aromatic heterocycles. The van der Waals surface area contributed by atoms with Crippen molar-refractivity contribution in [3.8, 4) is 5.75 Å². The Bertz CT molecular complexity index is 882. The molecule has 1 unspecified atom stereocenters. The summed E-state index contributed by atoms with van der Waals surface area (Å²) in [4.78, 5) is 12.2. The molecule has 1 heterocycles. The van der Waals surface area contributed by atoms with Gasteiger partial charge in [0.1, 0.15) is 11.6 Å². The van der Waals surface area contributed by atoms with E-state index in [1.54, 1.807) is 0 Å². The van der Waals surface area contributed by atoms with Crippen LogP contribution in [0.4, 0.5) is 4.39 Å². The molecule has 1 spiro atoms. The molecule has 0 radical (unpaired) electrons. The van der Waals surface area contributed by atoms with Gasteiger partial charge in [-0.2, -0.15) is 12.7 Å². The van der Waals surface area contributed by atoms with Crippen LogP contribution in [-0.4, -0.2) is 38.3 Å². The number of benzene rings is 1. The van der Waals surface area contributed by atoms with Gasteiger partial charge in [-0.15, -0.1) is 0 Å². The van der Waals surface area contributed by atoms with E-state index >= 15 is 0 Å². The molecule has 1 atom stereocenters. The number of ether oxygens (including phenoxy) is 1. The lowest BCUT2D eigenvalue weighted by Crippen LogP contribution is -2.49. The van der Waals surface area contributed by atoms with Crippen molar-refractivity contribution in [1.29, 1.82) is 0 Å². The molecule has 28 heavy (non-hydrogen) atoms. The third kappa shape index (κ3) is 3.86. The first-order valence-corrected chi connectivity index (χ1v) is 11.6. The highest BCUT2D eigenvalue weighted by Gasteiger charge is 2.53. The average Bonchev–Trinajstić information content (AvgIpc) is 3.24. The van der Waals surface area contributed by atoms with Gasteiger partial charge in [0.25, 0.3) is 5.91 Å². The minimum Gasteiger partial charge on any atom is -0.492 e. The van der Waals surface area contributed by atoms with Gasteiger partial charge in [0.2, 0.25) is 0 Å². The minimum atomic E-state index is -3.95. The molecule has 9 heteroatoms. The van der Waals surface area contributed by atoms with E-state index in [1.165, 1.54) is 32.1 Å². The largest absolute Gasteiger partial charge is 0.492 e. The number of hydrogen-bond donors (Lipinski definition) is 1.